The molecule has 0 saturated heterocycles. The summed E-state index contributed by atoms with van der Waals surface area (Å²) in [4.78, 5) is 0. The fraction of sp³-hybridized carbons (Fsp3) is 0.200. The second-order valence-corrected chi connectivity index (χ2v) is 6.39. The van der Waals surface area contributed by atoms with Crippen molar-refractivity contribution in [3.8, 4) is 5.75 Å². The van der Waals surface area contributed by atoms with Crippen LogP contribution in [0.5, 0.6) is 5.75 Å². The second-order valence-electron chi connectivity index (χ2n) is 4.56. The van der Waals surface area contributed by atoms with Crippen molar-refractivity contribution in [1.29, 1.82) is 0 Å². The van der Waals surface area contributed by atoms with Crippen molar-refractivity contribution in [1.82, 2.24) is 5.43 Å². The van der Waals surface area contributed by atoms with Crippen molar-refractivity contribution in [2.75, 3.05) is 7.11 Å². The largest absolute Gasteiger partial charge is 0.494 e. The fourth-order valence-corrected chi connectivity index (χ4v) is 3.47. The topological polar surface area (TPSA) is 47.3 Å². The first-order valence-corrected chi connectivity index (χ1v) is 7.87. The highest BCUT2D eigenvalue weighted by molar-refractivity contribution is 9.11. The second kappa shape index (κ2) is 7.35. The molecule has 112 valence electrons. The van der Waals surface area contributed by atoms with Crippen LogP contribution in [0.3, 0.4) is 0 Å². The summed E-state index contributed by atoms with van der Waals surface area (Å²) in [5.74, 6) is 5.52. The van der Waals surface area contributed by atoms with E-state index in [4.69, 9.17) is 10.6 Å². The van der Waals surface area contributed by atoms with E-state index in [0.29, 0.717) is 12.0 Å². The third-order valence-corrected chi connectivity index (χ3v) is 4.09. The van der Waals surface area contributed by atoms with Crippen LogP contribution in [0.1, 0.15) is 17.2 Å². The van der Waals surface area contributed by atoms with Crippen LogP contribution in [-0.4, -0.2) is 7.11 Å². The van der Waals surface area contributed by atoms with Crippen LogP contribution in [0.25, 0.3) is 0 Å². The predicted molar refractivity (Wildman–Crippen MR) is 88.6 cm³/mol. The lowest BCUT2D eigenvalue weighted by atomic mass is 9.99. The lowest BCUT2D eigenvalue weighted by molar-refractivity contribution is 0.382. The van der Waals surface area contributed by atoms with Crippen molar-refractivity contribution >= 4 is 31.9 Å². The molecule has 0 radical (unpaired) electrons. The summed E-state index contributed by atoms with van der Waals surface area (Å²) in [6.07, 6.45) is 0.419. The number of methoxy groups -OCH3 is 1. The highest BCUT2D eigenvalue weighted by Crippen LogP contribution is 2.28. The number of halogens is 3. The van der Waals surface area contributed by atoms with E-state index in [9.17, 15) is 4.39 Å². The molecule has 0 aliphatic rings. The number of hydrazine groups is 1. The van der Waals surface area contributed by atoms with Crippen LogP contribution in [0.15, 0.2) is 45.3 Å². The standard InChI is InChI=1S/C15H15Br2FN2O/c1-21-14-4-2-3-9(15(14)18)7-13(20-19)10-5-11(16)8-12(17)6-10/h2-6,8,13,20H,7,19H2,1H3. The summed E-state index contributed by atoms with van der Waals surface area (Å²) in [6.45, 7) is 0. The molecule has 3 N–H and O–H groups in total. The Labute approximate surface area is 139 Å². The van der Waals surface area contributed by atoms with Crippen LogP contribution in [0.4, 0.5) is 4.39 Å². The number of nitrogens with two attached hydrogens (primary N) is 1. The lowest BCUT2D eigenvalue weighted by Gasteiger charge is -2.18. The minimum absolute atomic E-state index is 0.208. The summed E-state index contributed by atoms with van der Waals surface area (Å²) in [5.41, 5.74) is 4.25. The van der Waals surface area contributed by atoms with E-state index in [1.807, 2.05) is 18.2 Å². The van der Waals surface area contributed by atoms with Gasteiger partial charge in [-0.15, -0.1) is 0 Å². The molecular weight excluding hydrogens is 403 g/mol. The zero-order valence-corrected chi connectivity index (χ0v) is 14.5. The Bertz CT molecular complexity index is 617. The Kier molecular flexibility index (Phi) is 5.75. The normalized spacial score (nSPS) is 12.2. The highest BCUT2D eigenvalue weighted by atomic mass is 79.9. The van der Waals surface area contributed by atoms with Gasteiger partial charge in [0.1, 0.15) is 0 Å². The van der Waals surface area contributed by atoms with Crippen LogP contribution in [0.2, 0.25) is 0 Å². The monoisotopic (exact) mass is 416 g/mol. The summed E-state index contributed by atoms with van der Waals surface area (Å²) in [5, 5.41) is 0. The predicted octanol–water partition coefficient (Wildman–Crippen LogP) is 4.11. The highest BCUT2D eigenvalue weighted by Gasteiger charge is 2.16. The lowest BCUT2D eigenvalue weighted by Crippen LogP contribution is -2.29. The summed E-state index contributed by atoms with van der Waals surface area (Å²) < 4.78 is 21.1. The molecule has 0 saturated carbocycles. The SMILES string of the molecule is COc1cccc(CC(NN)c2cc(Br)cc(Br)c2)c1F. The Morgan fingerprint density at radius 1 is 1.24 bits per heavy atom. The van der Waals surface area contributed by atoms with E-state index in [1.165, 1.54) is 7.11 Å². The summed E-state index contributed by atoms with van der Waals surface area (Å²) in [6, 6.07) is 10.7. The zero-order valence-electron chi connectivity index (χ0n) is 11.4. The van der Waals surface area contributed by atoms with Crippen LogP contribution < -0.4 is 16.0 Å². The average molecular weight is 418 g/mol. The van der Waals surface area contributed by atoms with Crippen LogP contribution in [-0.2, 0) is 6.42 Å². The minimum atomic E-state index is -0.352. The third-order valence-electron chi connectivity index (χ3n) is 3.18. The van der Waals surface area contributed by atoms with Gasteiger partial charge in [-0.25, -0.2) is 4.39 Å². The quantitative estimate of drug-likeness (QED) is 0.568. The molecular formula is C15H15Br2FN2O. The molecule has 21 heavy (non-hydrogen) atoms. The molecule has 1 atom stereocenters. The van der Waals surface area contributed by atoms with Gasteiger partial charge in [0.05, 0.1) is 13.2 Å². The minimum Gasteiger partial charge on any atom is -0.494 e. The van der Waals surface area contributed by atoms with Crippen molar-refractivity contribution in [2.24, 2.45) is 5.84 Å². The Balaban J connectivity index is 2.31. The molecule has 3 nitrogen and oxygen atoms in total. The first-order chi connectivity index (χ1) is 10.0. The maximum absolute atomic E-state index is 14.2. The molecule has 0 heterocycles. The maximum atomic E-state index is 14.2. The molecule has 0 aromatic heterocycles. The van der Waals surface area contributed by atoms with Gasteiger partial charge in [-0.3, -0.25) is 11.3 Å². The van der Waals surface area contributed by atoms with E-state index < -0.39 is 0 Å². The number of ether oxygens (including phenoxy) is 1. The van der Waals surface area contributed by atoms with Gasteiger partial charge in [-0.1, -0.05) is 44.0 Å². The molecule has 0 aliphatic carbocycles. The van der Waals surface area contributed by atoms with Crippen molar-refractivity contribution < 1.29 is 9.13 Å². The smallest absolute Gasteiger partial charge is 0.168 e. The van der Waals surface area contributed by atoms with Gasteiger partial charge < -0.3 is 4.74 Å². The number of benzene rings is 2. The fourth-order valence-electron chi connectivity index (χ4n) is 2.14. The molecule has 0 amide bonds. The Morgan fingerprint density at radius 3 is 2.48 bits per heavy atom. The van der Waals surface area contributed by atoms with E-state index in [2.05, 4.69) is 37.3 Å². The number of rotatable bonds is 5. The number of hydrogen-bond acceptors (Lipinski definition) is 3. The van der Waals surface area contributed by atoms with Gasteiger partial charge in [0.15, 0.2) is 11.6 Å². The van der Waals surface area contributed by atoms with Gasteiger partial charge in [0.25, 0.3) is 0 Å². The van der Waals surface area contributed by atoms with Crippen LogP contribution in [0, 0.1) is 5.82 Å². The Hall–Kier alpha value is -0.950. The van der Waals surface area contributed by atoms with E-state index in [0.717, 1.165) is 14.5 Å². The van der Waals surface area contributed by atoms with Gasteiger partial charge in [-0.2, -0.15) is 0 Å². The first kappa shape index (κ1) is 16.4. The molecule has 0 bridgehead atoms. The van der Waals surface area contributed by atoms with Gasteiger partial charge >= 0.3 is 0 Å². The number of hydrogen-bond donors (Lipinski definition) is 2. The zero-order chi connectivity index (χ0) is 15.4. The molecule has 2 aromatic rings. The molecule has 0 spiro atoms. The van der Waals surface area contributed by atoms with E-state index in [1.54, 1.807) is 18.2 Å². The van der Waals surface area contributed by atoms with Crippen molar-refractivity contribution in [2.45, 2.75) is 12.5 Å². The summed E-state index contributed by atoms with van der Waals surface area (Å²) >= 11 is 6.88. The third kappa shape index (κ3) is 4.03. The van der Waals surface area contributed by atoms with E-state index >= 15 is 0 Å². The van der Waals surface area contributed by atoms with Gasteiger partial charge in [-0.05, 0) is 41.8 Å². The molecule has 0 aliphatic heterocycles. The molecule has 2 rings (SSSR count). The average Bonchev–Trinajstić information content (AvgIpc) is 2.45. The molecule has 2 aromatic carbocycles. The van der Waals surface area contributed by atoms with Crippen LogP contribution >= 0.6 is 31.9 Å². The molecule has 0 fully saturated rings. The number of nitrogens with one attached hydrogen (secondary N) is 1. The van der Waals surface area contributed by atoms with Gasteiger partial charge in [0, 0.05) is 8.95 Å². The maximum Gasteiger partial charge on any atom is 0.168 e. The van der Waals surface area contributed by atoms with Crippen molar-refractivity contribution in [3.63, 3.8) is 0 Å². The first-order valence-electron chi connectivity index (χ1n) is 6.28. The van der Waals surface area contributed by atoms with E-state index in [-0.39, 0.29) is 17.6 Å². The molecule has 1 unspecified atom stereocenters. The summed E-state index contributed by atoms with van der Waals surface area (Å²) in [7, 11) is 1.45. The van der Waals surface area contributed by atoms with Gasteiger partial charge in [0.2, 0.25) is 0 Å². The van der Waals surface area contributed by atoms with Crippen molar-refractivity contribution in [3.05, 3.63) is 62.3 Å². The Morgan fingerprint density at radius 2 is 1.90 bits per heavy atom. The molecule has 6 heteroatoms.